The number of amides is 2. The monoisotopic (exact) mass is 331 g/mol. The van der Waals surface area contributed by atoms with Crippen molar-refractivity contribution in [3.05, 3.63) is 35.7 Å². The van der Waals surface area contributed by atoms with Crippen LogP contribution in [-0.4, -0.2) is 23.3 Å². The molecule has 0 atom stereocenters. The minimum atomic E-state index is -0.448. The number of hydrogen-bond acceptors (Lipinski definition) is 4. The second-order valence-corrected chi connectivity index (χ2v) is 7.07. The van der Waals surface area contributed by atoms with Gasteiger partial charge < -0.3 is 10.6 Å². The maximum absolute atomic E-state index is 11.9. The molecule has 0 fully saturated rings. The van der Waals surface area contributed by atoms with E-state index in [9.17, 15) is 9.59 Å². The molecule has 2 aromatic rings. The van der Waals surface area contributed by atoms with Gasteiger partial charge in [-0.25, -0.2) is 4.98 Å². The number of nitrogens with zero attached hydrogens (tertiary/aromatic N) is 1. The number of carbonyl (C=O) groups is 2. The van der Waals surface area contributed by atoms with Crippen molar-refractivity contribution in [1.29, 1.82) is 0 Å². The van der Waals surface area contributed by atoms with E-state index in [-0.39, 0.29) is 18.2 Å². The fourth-order valence-corrected chi connectivity index (χ4v) is 2.55. The van der Waals surface area contributed by atoms with Gasteiger partial charge in [0, 0.05) is 29.3 Å². The highest BCUT2D eigenvalue weighted by molar-refractivity contribution is 7.14. The van der Waals surface area contributed by atoms with Gasteiger partial charge in [-0.05, 0) is 0 Å². The molecule has 5 nitrogen and oxygen atoms in total. The number of aromatic nitrogens is 1. The number of rotatable bonds is 5. The lowest BCUT2D eigenvalue weighted by molar-refractivity contribution is -0.128. The van der Waals surface area contributed by atoms with Gasteiger partial charge in [0.15, 0.2) is 5.13 Å². The average Bonchev–Trinajstić information content (AvgIpc) is 2.95. The van der Waals surface area contributed by atoms with Crippen molar-refractivity contribution < 1.29 is 9.59 Å². The molecule has 0 saturated carbocycles. The Morgan fingerprint density at radius 3 is 2.52 bits per heavy atom. The van der Waals surface area contributed by atoms with Crippen molar-refractivity contribution in [2.75, 3.05) is 11.9 Å². The molecule has 0 radical (unpaired) electrons. The predicted molar refractivity (Wildman–Crippen MR) is 93.3 cm³/mol. The summed E-state index contributed by atoms with van der Waals surface area (Å²) in [5, 5.41) is 7.99. The van der Waals surface area contributed by atoms with Crippen molar-refractivity contribution in [2.24, 2.45) is 5.41 Å². The summed E-state index contributed by atoms with van der Waals surface area (Å²) in [5.41, 5.74) is 1.41. The Morgan fingerprint density at radius 1 is 1.17 bits per heavy atom. The minimum absolute atomic E-state index is 0.0640. The highest BCUT2D eigenvalue weighted by Gasteiger charge is 2.20. The first-order valence-electron chi connectivity index (χ1n) is 7.45. The molecule has 0 aliphatic rings. The van der Waals surface area contributed by atoms with E-state index in [2.05, 4.69) is 15.6 Å². The first-order chi connectivity index (χ1) is 10.9. The highest BCUT2D eigenvalue weighted by Crippen LogP contribution is 2.24. The third-order valence-electron chi connectivity index (χ3n) is 3.14. The van der Waals surface area contributed by atoms with E-state index >= 15 is 0 Å². The number of carbonyl (C=O) groups excluding carboxylic acids is 2. The molecule has 0 unspecified atom stereocenters. The second-order valence-electron chi connectivity index (χ2n) is 6.21. The Labute approximate surface area is 140 Å². The molecule has 0 aliphatic heterocycles. The zero-order valence-corrected chi connectivity index (χ0v) is 14.4. The van der Waals surface area contributed by atoms with Crippen molar-refractivity contribution in [3.8, 4) is 11.3 Å². The third kappa shape index (κ3) is 5.17. The summed E-state index contributed by atoms with van der Waals surface area (Å²) in [4.78, 5) is 28.0. The molecule has 0 bridgehead atoms. The van der Waals surface area contributed by atoms with E-state index in [1.54, 1.807) is 0 Å². The molecule has 0 saturated heterocycles. The first-order valence-corrected chi connectivity index (χ1v) is 8.33. The maximum Gasteiger partial charge on any atom is 0.227 e. The molecular formula is C17H21N3O2S. The molecule has 122 valence electrons. The normalized spacial score (nSPS) is 11.1. The first kappa shape index (κ1) is 17.1. The van der Waals surface area contributed by atoms with Gasteiger partial charge in [-0.1, -0.05) is 51.1 Å². The van der Waals surface area contributed by atoms with Crippen LogP contribution < -0.4 is 10.6 Å². The number of anilines is 1. The summed E-state index contributed by atoms with van der Waals surface area (Å²) in [6, 6.07) is 9.80. The Morgan fingerprint density at radius 2 is 1.87 bits per heavy atom. The SMILES string of the molecule is CC(C)(C)C(=O)NCCC(=O)Nc1nc(-c2ccccc2)cs1. The molecule has 0 spiro atoms. The van der Waals surface area contributed by atoms with Gasteiger partial charge in [-0.3, -0.25) is 9.59 Å². The Kier molecular flexibility index (Phi) is 5.50. The zero-order valence-electron chi connectivity index (χ0n) is 13.6. The van der Waals surface area contributed by atoms with E-state index < -0.39 is 5.41 Å². The lowest BCUT2D eigenvalue weighted by Gasteiger charge is -2.17. The fourth-order valence-electron chi connectivity index (χ4n) is 1.81. The number of thiazole rings is 1. The Bertz CT molecular complexity index is 675. The molecule has 2 amide bonds. The van der Waals surface area contributed by atoms with Crippen LogP contribution in [0.5, 0.6) is 0 Å². The van der Waals surface area contributed by atoms with Crippen LogP contribution in [0.3, 0.4) is 0 Å². The molecule has 1 aromatic heterocycles. The van der Waals surface area contributed by atoms with Gasteiger partial charge in [-0.15, -0.1) is 11.3 Å². The Balaban J connectivity index is 1.82. The maximum atomic E-state index is 11.9. The van der Waals surface area contributed by atoms with E-state index in [4.69, 9.17) is 0 Å². The van der Waals surface area contributed by atoms with Gasteiger partial charge in [0.25, 0.3) is 0 Å². The van der Waals surface area contributed by atoms with Gasteiger partial charge in [0.1, 0.15) is 0 Å². The summed E-state index contributed by atoms with van der Waals surface area (Å²) in [5.74, 6) is -0.223. The van der Waals surface area contributed by atoms with Gasteiger partial charge >= 0.3 is 0 Å². The molecule has 0 aliphatic carbocycles. The number of benzene rings is 1. The molecule has 2 N–H and O–H groups in total. The van der Waals surface area contributed by atoms with Crippen LogP contribution in [0.4, 0.5) is 5.13 Å². The lowest BCUT2D eigenvalue weighted by atomic mass is 9.96. The standard InChI is InChI=1S/C17H21N3O2S/c1-17(2,3)15(22)18-10-9-14(21)20-16-19-13(11-23-16)12-7-5-4-6-8-12/h4-8,11H,9-10H2,1-3H3,(H,18,22)(H,19,20,21). The predicted octanol–water partition coefficient (Wildman–Crippen LogP) is 3.30. The molecule has 1 aromatic carbocycles. The van der Waals surface area contributed by atoms with Gasteiger partial charge in [0.2, 0.25) is 11.8 Å². The fraction of sp³-hybridized carbons (Fsp3) is 0.353. The Hall–Kier alpha value is -2.21. The summed E-state index contributed by atoms with van der Waals surface area (Å²) in [7, 11) is 0. The molecule has 6 heteroatoms. The minimum Gasteiger partial charge on any atom is -0.355 e. The van der Waals surface area contributed by atoms with E-state index in [1.807, 2.05) is 56.5 Å². The van der Waals surface area contributed by atoms with Crippen LogP contribution in [-0.2, 0) is 9.59 Å². The molecule has 23 heavy (non-hydrogen) atoms. The van der Waals surface area contributed by atoms with Crippen LogP contribution in [0, 0.1) is 5.41 Å². The van der Waals surface area contributed by atoms with E-state index in [0.29, 0.717) is 11.7 Å². The lowest BCUT2D eigenvalue weighted by Crippen LogP contribution is -2.36. The van der Waals surface area contributed by atoms with E-state index in [0.717, 1.165) is 11.3 Å². The van der Waals surface area contributed by atoms with Crippen molar-refractivity contribution in [1.82, 2.24) is 10.3 Å². The summed E-state index contributed by atoms with van der Waals surface area (Å²) in [6.07, 6.45) is 0.224. The third-order valence-corrected chi connectivity index (χ3v) is 3.90. The summed E-state index contributed by atoms with van der Waals surface area (Å²) >= 11 is 1.39. The summed E-state index contributed by atoms with van der Waals surface area (Å²) < 4.78 is 0. The van der Waals surface area contributed by atoms with Crippen LogP contribution >= 0.6 is 11.3 Å². The van der Waals surface area contributed by atoms with Crippen LogP contribution in [0.15, 0.2) is 35.7 Å². The quantitative estimate of drug-likeness (QED) is 0.883. The average molecular weight is 331 g/mol. The van der Waals surface area contributed by atoms with E-state index in [1.165, 1.54) is 11.3 Å². The topological polar surface area (TPSA) is 71.1 Å². The number of nitrogens with one attached hydrogen (secondary N) is 2. The smallest absolute Gasteiger partial charge is 0.227 e. The zero-order chi connectivity index (χ0) is 16.9. The molecule has 1 heterocycles. The van der Waals surface area contributed by atoms with Crippen molar-refractivity contribution in [3.63, 3.8) is 0 Å². The largest absolute Gasteiger partial charge is 0.355 e. The second kappa shape index (κ2) is 7.37. The van der Waals surface area contributed by atoms with Crippen molar-refractivity contribution >= 4 is 28.3 Å². The summed E-state index contributed by atoms with van der Waals surface area (Å²) in [6.45, 7) is 5.83. The van der Waals surface area contributed by atoms with Crippen LogP contribution in [0.25, 0.3) is 11.3 Å². The number of hydrogen-bond donors (Lipinski definition) is 2. The molecular weight excluding hydrogens is 310 g/mol. The van der Waals surface area contributed by atoms with Crippen LogP contribution in [0.1, 0.15) is 27.2 Å². The van der Waals surface area contributed by atoms with Crippen LogP contribution in [0.2, 0.25) is 0 Å². The highest BCUT2D eigenvalue weighted by atomic mass is 32.1. The molecule has 2 rings (SSSR count). The van der Waals surface area contributed by atoms with Gasteiger partial charge in [0.05, 0.1) is 5.69 Å². The van der Waals surface area contributed by atoms with Gasteiger partial charge in [-0.2, -0.15) is 0 Å². The van der Waals surface area contributed by atoms with Crippen molar-refractivity contribution in [2.45, 2.75) is 27.2 Å².